The minimum Gasteiger partial charge on any atom is -0.451 e. The summed E-state index contributed by atoms with van der Waals surface area (Å²) < 4.78 is 47.0. The van der Waals surface area contributed by atoms with Crippen molar-refractivity contribution < 1.29 is 31.9 Å². The summed E-state index contributed by atoms with van der Waals surface area (Å²) in [5.41, 5.74) is 3.85. The van der Waals surface area contributed by atoms with Crippen LogP contribution >= 0.6 is 0 Å². The van der Waals surface area contributed by atoms with Crippen LogP contribution in [0.3, 0.4) is 0 Å². The average Bonchev–Trinajstić information content (AvgIpc) is 3.50. The molecular formula is C36H36F3N5O4. The van der Waals surface area contributed by atoms with Gasteiger partial charge in [0.15, 0.2) is 5.76 Å². The number of carbonyl (C=O) groups excluding carboxylic acids is 2. The van der Waals surface area contributed by atoms with E-state index < -0.39 is 6.36 Å². The van der Waals surface area contributed by atoms with Crippen molar-refractivity contribution in [2.45, 2.75) is 51.2 Å². The first-order chi connectivity index (χ1) is 23.1. The topological polar surface area (TPSA) is 111 Å². The van der Waals surface area contributed by atoms with E-state index in [1.165, 1.54) is 12.1 Å². The lowest BCUT2D eigenvalue weighted by molar-refractivity contribution is -0.274. The number of likely N-dealkylation sites (tertiary alicyclic amines) is 2. The van der Waals surface area contributed by atoms with Crippen LogP contribution in [0, 0.1) is 17.2 Å². The number of carbonyl (C=O) groups is 2. The number of nitrogens with one attached hydrogen (secondary N) is 2. The molecule has 0 saturated carbocycles. The number of amides is 2. The number of anilines is 1. The number of hydrogen-bond acceptors (Lipinski definition) is 7. The molecule has 3 heterocycles. The maximum absolute atomic E-state index is 13.1. The SMILES string of the molecule is N#Cc1ccc(CN2CCC(NC(=O)c3cc4cc(NC(=O)C5CCN(Cc6ccc(OC(F)(F)F)cc6)CC5)ccc4o3)CC2)cc1. The fraction of sp³-hybridized carbons (Fsp3) is 0.361. The highest BCUT2D eigenvalue weighted by Gasteiger charge is 2.31. The Morgan fingerprint density at radius 3 is 2.06 bits per heavy atom. The number of hydrogen-bond donors (Lipinski definition) is 2. The summed E-state index contributed by atoms with van der Waals surface area (Å²) in [6.45, 7) is 4.46. The van der Waals surface area contributed by atoms with E-state index in [9.17, 15) is 22.8 Å². The van der Waals surface area contributed by atoms with Gasteiger partial charge in [-0.15, -0.1) is 13.2 Å². The van der Waals surface area contributed by atoms with Crippen molar-refractivity contribution in [2.24, 2.45) is 5.92 Å². The lowest BCUT2D eigenvalue weighted by Gasteiger charge is -2.32. The predicted molar refractivity (Wildman–Crippen MR) is 173 cm³/mol. The summed E-state index contributed by atoms with van der Waals surface area (Å²) in [5.74, 6) is -0.530. The first-order valence-corrected chi connectivity index (χ1v) is 16.0. The number of benzene rings is 3. The number of alkyl halides is 3. The Hall–Kier alpha value is -4.86. The van der Waals surface area contributed by atoms with Crippen molar-refractivity contribution in [3.05, 3.63) is 95.2 Å². The van der Waals surface area contributed by atoms with Gasteiger partial charge < -0.3 is 19.8 Å². The molecule has 12 heteroatoms. The minimum atomic E-state index is -4.72. The Bertz CT molecular complexity index is 1770. The second-order valence-corrected chi connectivity index (χ2v) is 12.4. The molecule has 2 aliphatic heterocycles. The van der Waals surface area contributed by atoms with Gasteiger partial charge in [-0.25, -0.2) is 0 Å². The van der Waals surface area contributed by atoms with Crippen LogP contribution in [-0.2, 0) is 17.9 Å². The molecule has 2 amide bonds. The fourth-order valence-electron chi connectivity index (χ4n) is 6.32. The maximum atomic E-state index is 13.1. The standard InChI is InChI=1S/C36H36F3N5O4/c37-36(38,39)48-31-8-5-26(6-9-31)23-43-15-11-27(12-16-43)34(45)42-30-7-10-32-28(19-30)20-33(47-32)35(46)41-29-13-17-44(18-14-29)22-25-3-1-24(21-40)2-4-25/h1-10,19-20,27,29H,11-18,22-23H2,(H,41,46)(H,42,45). The molecule has 9 nitrogen and oxygen atoms in total. The average molecular weight is 660 g/mol. The highest BCUT2D eigenvalue weighted by molar-refractivity contribution is 5.98. The minimum absolute atomic E-state index is 0.0441. The van der Waals surface area contributed by atoms with Crippen molar-refractivity contribution >= 4 is 28.5 Å². The van der Waals surface area contributed by atoms with E-state index in [1.54, 1.807) is 36.4 Å². The molecule has 3 aromatic carbocycles. The highest BCUT2D eigenvalue weighted by atomic mass is 19.4. The van der Waals surface area contributed by atoms with Gasteiger partial charge in [0, 0.05) is 49.2 Å². The molecule has 0 unspecified atom stereocenters. The Morgan fingerprint density at radius 1 is 0.854 bits per heavy atom. The largest absolute Gasteiger partial charge is 0.573 e. The van der Waals surface area contributed by atoms with Crippen LogP contribution in [-0.4, -0.2) is 60.2 Å². The smallest absolute Gasteiger partial charge is 0.451 e. The molecule has 0 atom stereocenters. The summed E-state index contributed by atoms with van der Waals surface area (Å²) in [4.78, 5) is 30.6. The van der Waals surface area contributed by atoms with Crippen LogP contribution in [0.25, 0.3) is 11.0 Å². The molecule has 0 aliphatic carbocycles. The monoisotopic (exact) mass is 659 g/mol. The second-order valence-electron chi connectivity index (χ2n) is 12.4. The number of ether oxygens (including phenoxy) is 1. The van der Waals surface area contributed by atoms with Crippen molar-refractivity contribution in [1.82, 2.24) is 15.1 Å². The Balaban J connectivity index is 0.947. The van der Waals surface area contributed by atoms with Gasteiger partial charge in [0.1, 0.15) is 11.3 Å². The van der Waals surface area contributed by atoms with E-state index in [0.29, 0.717) is 49.3 Å². The Morgan fingerprint density at radius 2 is 1.46 bits per heavy atom. The van der Waals surface area contributed by atoms with E-state index >= 15 is 0 Å². The van der Waals surface area contributed by atoms with E-state index in [2.05, 4.69) is 31.2 Å². The van der Waals surface area contributed by atoms with Gasteiger partial charge in [-0.2, -0.15) is 5.26 Å². The molecule has 6 rings (SSSR count). The third-order valence-corrected chi connectivity index (χ3v) is 8.94. The van der Waals surface area contributed by atoms with E-state index in [1.807, 2.05) is 24.3 Å². The van der Waals surface area contributed by atoms with Crippen LogP contribution < -0.4 is 15.4 Å². The number of halogens is 3. The molecule has 4 aromatic rings. The quantitative estimate of drug-likeness (QED) is 0.213. The molecule has 250 valence electrons. The summed E-state index contributed by atoms with van der Waals surface area (Å²) in [6.07, 6.45) is -1.75. The van der Waals surface area contributed by atoms with Crippen LogP contribution in [0.2, 0.25) is 0 Å². The molecule has 2 N–H and O–H groups in total. The summed E-state index contributed by atoms with van der Waals surface area (Å²) in [7, 11) is 0. The Kier molecular flexibility index (Phi) is 9.98. The number of furan rings is 1. The maximum Gasteiger partial charge on any atom is 0.573 e. The summed E-state index contributed by atoms with van der Waals surface area (Å²) in [5, 5.41) is 15.8. The van der Waals surface area contributed by atoms with Crippen molar-refractivity contribution in [3.8, 4) is 11.8 Å². The molecule has 48 heavy (non-hydrogen) atoms. The number of piperidine rings is 2. The zero-order chi connectivity index (χ0) is 33.7. The molecule has 1 aromatic heterocycles. The molecule has 2 fully saturated rings. The second kappa shape index (κ2) is 14.5. The lowest BCUT2D eigenvalue weighted by atomic mass is 9.95. The van der Waals surface area contributed by atoms with Crippen molar-refractivity contribution in [3.63, 3.8) is 0 Å². The van der Waals surface area contributed by atoms with Gasteiger partial charge in [0.05, 0.1) is 11.6 Å². The predicted octanol–water partition coefficient (Wildman–Crippen LogP) is 6.45. The number of nitriles is 1. The van der Waals surface area contributed by atoms with E-state index in [0.717, 1.165) is 49.0 Å². The van der Waals surface area contributed by atoms with Gasteiger partial charge in [-0.05, 0) is 98.4 Å². The van der Waals surface area contributed by atoms with Gasteiger partial charge in [-0.1, -0.05) is 24.3 Å². The molecule has 2 saturated heterocycles. The number of fused-ring (bicyclic) bond motifs is 1. The Labute approximate surface area is 276 Å². The normalized spacial score (nSPS) is 16.8. The molecule has 0 bridgehead atoms. The van der Waals surface area contributed by atoms with Crippen molar-refractivity contribution in [1.29, 1.82) is 5.26 Å². The summed E-state index contributed by atoms with van der Waals surface area (Å²) in [6, 6.07) is 22.6. The number of rotatable bonds is 9. The lowest BCUT2D eigenvalue weighted by Crippen LogP contribution is -2.44. The fourth-order valence-corrected chi connectivity index (χ4v) is 6.32. The highest BCUT2D eigenvalue weighted by Crippen LogP contribution is 2.27. The summed E-state index contributed by atoms with van der Waals surface area (Å²) >= 11 is 0. The van der Waals surface area contributed by atoms with Gasteiger partial charge in [-0.3, -0.25) is 19.4 Å². The van der Waals surface area contributed by atoms with Gasteiger partial charge in [0.25, 0.3) is 5.91 Å². The van der Waals surface area contributed by atoms with Crippen LogP contribution in [0.5, 0.6) is 5.75 Å². The molecule has 0 radical (unpaired) electrons. The molecule has 0 spiro atoms. The zero-order valence-electron chi connectivity index (χ0n) is 26.3. The third kappa shape index (κ3) is 8.73. The van der Waals surface area contributed by atoms with E-state index in [-0.39, 0.29) is 35.3 Å². The van der Waals surface area contributed by atoms with Crippen LogP contribution in [0.4, 0.5) is 18.9 Å². The number of nitrogens with zero attached hydrogens (tertiary/aromatic N) is 3. The van der Waals surface area contributed by atoms with Crippen LogP contribution in [0.1, 0.15) is 52.9 Å². The zero-order valence-corrected chi connectivity index (χ0v) is 26.3. The van der Waals surface area contributed by atoms with Crippen LogP contribution in [0.15, 0.2) is 77.2 Å². The van der Waals surface area contributed by atoms with Gasteiger partial charge >= 0.3 is 6.36 Å². The third-order valence-electron chi connectivity index (χ3n) is 8.94. The first kappa shape index (κ1) is 33.1. The first-order valence-electron chi connectivity index (χ1n) is 16.0. The van der Waals surface area contributed by atoms with E-state index in [4.69, 9.17) is 9.68 Å². The van der Waals surface area contributed by atoms with Crippen molar-refractivity contribution in [2.75, 3.05) is 31.5 Å². The molecule has 2 aliphatic rings. The van der Waals surface area contributed by atoms with Gasteiger partial charge in [0.2, 0.25) is 5.91 Å². The molecular weight excluding hydrogens is 623 g/mol.